The summed E-state index contributed by atoms with van der Waals surface area (Å²) in [6.07, 6.45) is -0.631. The molecule has 0 heterocycles. The molecule has 2 rings (SSSR count). The van der Waals surface area contributed by atoms with Crippen molar-refractivity contribution in [3.05, 3.63) is 68.9 Å². The Bertz CT molecular complexity index is 539. The maximum Gasteiger partial charge on any atom is 0.130 e. The minimum absolute atomic E-state index is 0.152. The average molecular weight is 330 g/mol. The molecular weight excluding hydrogens is 319 g/mol. The van der Waals surface area contributed by atoms with E-state index >= 15 is 0 Å². The Labute approximate surface area is 118 Å². The Morgan fingerprint density at radius 3 is 2.61 bits per heavy atom. The second-order valence-electron chi connectivity index (χ2n) is 3.99. The van der Waals surface area contributed by atoms with E-state index in [2.05, 4.69) is 15.9 Å². The highest BCUT2D eigenvalue weighted by Gasteiger charge is 2.16. The highest BCUT2D eigenvalue weighted by molar-refractivity contribution is 9.10. The summed E-state index contributed by atoms with van der Waals surface area (Å²) >= 11 is 9.27. The van der Waals surface area contributed by atoms with Crippen LogP contribution in [0.5, 0.6) is 0 Å². The molecule has 18 heavy (non-hydrogen) atoms. The Kier molecular flexibility index (Phi) is 4.38. The molecule has 2 aromatic carbocycles. The molecule has 1 N–H and O–H groups in total. The zero-order valence-electron chi connectivity index (χ0n) is 9.41. The highest BCUT2D eigenvalue weighted by Crippen LogP contribution is 2.28. The van der Waals surface area contributed by atoms with Gasteiger partial charge in [0, 0.05) is 21.5 Å². The molecule has 0 saturated heterocycles. The molecule has 94 valence electrons. The third-order valence-corrected chi connectivity index (χ3v) is 3.47. The van der Waals surface area contributed by atoms with E-state index in [4.69, 9.17) is 11.6 Å². The van der Waals surface area contributed by atoms with Gasteiger partial charge in [0.1, 0.15) is 5.82 Å². The van der Waals surface area contributed by atoms with Crippen LogP contribution >= 0.6 is 27.5 Å². The lowest BCUT2D eigenvalue weighted by atomic mass is 10.0. The summed E-state index contributed by atoms with van der Waals surface area (Å²) < 4.78 is 14.6. The quantitative estimate of drug-likeness (QED) is 0.878. The first-order chi connectivity index (χ1) is 8.58. The van der Waals surface area contributed by atoms with Crippen LogP contribution in [0, 0.1) is 5.82 Å². The third-order valence-electron chi connectivity index (χ3n) is 2.65. The van der Waals surface area contributed by atoms with Gasteiger partial charge in [-0.15, -0.1) is 0 Å². The van der Waals surface area contributed by atoms with Crippen LogP contribution in [-0.2, 0) is 6.42 Å². The summed E-state index contributed by atoms with van der Waals surface area (Å²) in [5.74, 6) is -0.481. The average Bonchev–Trinajstić information content (AvgIpc) is 2.28. The summed E-state index contributed by atoms with van der Waals surface area (Å²) in [5.41, 5.74) is 1.07. The molecule has 0 amide bonds. The molecule has 1 atom stereocenters. The molecule has 0 bridgehead atoms. The second kappa shape index (κ2) is 5.83. The molecule has 0 spiro atoms. The number of benzene rings is 2. The predicted molar refractivity (Wildman–Crippen MR) is 74.2 cm³/mol. The number of hydrogen-bond acceptors (Lipinski definition) is 1. The number of aliphatic hydroxyl groups excluding tert-OH is 1. The number of halogens is 3. The summed E-state index contributed by atoms with van der Waals surface area (Å²) in [6, 6.07) is 11.9. The smallest absolute Gasteiger partial charge is 0.130 e. The first kappa shape index (κ1) is 13.5. The standard InChI is InChI=1S/C14H11BrClFO/c15-10-4-1-3-9(7-10)8-13(18)14-11(16)5-2-6-12(14)17/h1-7,13,18H,8H2. The fourth-order valence-electron chi connectivity index (χ4n) is 1.82. The molecular formula is C14H11BrClFO. The van der Waals surface area contributed by atoms with Gasteiger partial charge >= 0.3 is 0 Å². The van der Waals surface area contributed by atoms with Gasteiger partial charge in [-0.25, -0.2) is 4.39 Å². The van der Waals surface area contributed by atoms with Gasteiger partial charge in [-0.2, -0.15) is 0 Å². The van der Waals surface area contributed by atoms with Gasteiger partial charge in [-0.3, -0.25) is 0 Å². The molecule has 0 aliphatic heterocycles. The van der Waals surface area contributed by atoms with E-state index in [9.17, 15) is 9.50 Å². The van der Waals surface area contributed by atoms with E-state index in [1.54, 1.807) is 6.07 Å². The predicted octanol–water partition coefficient (Wildman–Crippen LogP) is 4.52. The van der Waals surface area contributed by atoms with Crippen LogP contribution in [0.3, 0.4) is 0 Å². The number of aliphatic hydroxyl groups is 1. The van der Waals surface area contributed by atoms with E-state index in [1.807, 2.05) is 24.3 Å². The molecule has 0 aliphatic carbocycles. The van der Waals surface area contributed by atoms with E-state index in [-0.39, 0.29) is 10.6 Å². The van der Waals surface area contributed by atoms with Crippen LogP contribution in [0.4, 0.5) is 4.39 Å². The minimum Gasteiger partial charge on any atom is -0.388 e. The zero-order valence-corrected chi connectivity index (χ0v) is 11.7. The first-order valence-electron chi connectivity index (χ1n) is 5.44. The van der Waals surface area contributed by atoms with Gasteiger partial charge in [-0.05, 0) is 29.8 Å². The summed E-state index contributed by atoms with van der Waals surface area (Å²) in [6.45, 7) is 0. The van der Waals surface area contributed by atoms with Crippen molar-refractivity contribution in [3.63, 3.8) is 0 Å². The van der Waals surface area contributed by atoms with Crippen molar-refractivity contribution in [1.29, 1.82) is 0 Å². The van der Waals surface area contributed by atoms with Gasteiger partial charge in [0.25, 0.3) is 0 Å². The van der Waals surface area contributed by atoms with Crippen molar-refractivity contribution < 1.29 is 9.50 Å². The van der Waals surface area contributed by atoms with Crippen LogP contribution in [0.1, 0.15) is 17.2 Å². The van der Waals surface area contributed by atoms with Crippen molar-refractivity contribution >= 4 is 27.5 Å². The Hall–Kier alpha value is -0.900. The minimum atomic E-state index is -0.951. The van der Waals surface area contributed by atoms with Crippen molar-refractivity contribution in [2.45, 2.75) is 12.5 Å². The van der Waals surface area contributed by atoms with Crippen LogP contribution in [0.15, 0.2) is 46.9 Å². The molecule has 1 nitrogen and oxygen atoms in total. The molecule has 0 saturated carbocycles. The highest BCUT2D eigenvalue weighted by atomic mass is 79.9. The summed E-state index contributed by atoms with van der Waals surface area (Å²) in [5, 5.41) is 10.3. The SMILES string of the molecule is OC(Cc1cccc(Br)c1)c1c(F)cccc1Cl. The molecule has 0 aliphatic rings. The first-order valence-corrected chi connectivity index (χ1v) is 6.61. The van der Waals surface area contributed by atoms with Crippen molar-refractivity contribution in [2.75, 3.05) is 0 Å². The molecule has 0 aromatic heterocycles. The molecule has 2 aromatic rings. The largest absolute Gasteiger partial charge is 0.388 e. The molecule has 0 radical (unpaired) electrons. The van der Waals surface area contributed by atoms with Crippen molar-refractivity contribution in [2.24, 2.45) is 0 Å². The van der Waals surface area contributed by atoms with E-state index in [1.165, 1.54) is 12.1 Å². The van der Waals surface area contributed by atoms with Crippen LogP contribution < -0.4 is 0 Å². The second-order valence-corrected chi connectivity index (χ2v) is 5.31. The Morgan fingerprint density at radius 2 is 1.94 bits per heavy atom. The number of hydrogen-bond donors (Lipinski definition) is 1. The van der Waals surface area contributed by atoms with Crippen molar-refractivity contribution in [1.82, 2.24) is 0 Å². The monoisotopic (exact) mass is 328 g/mol. The fourth-order valence-corrected chi connectivity index (χ4v) is 2.55. The van der Waals surface area contributed by atoms with Crippen molar-refractivity contribution in [3.8, 4) is 0 Å². The fraction of sp³-hybridized carbons (Fsp3) is 0.143. The van der Waals surface area contributed by atoms with Crippen LogP contribution in [0.25, 0.3) is 0 Å². The zero-order chi connectivity index (χ0) is 13.1. The lowest BCUT2D eigenvalue weighted by Crippen LogP contribution is -2.05. The van der Waals surface area contributed by atoms with Gasteiger partial charge in [0.05, 0.1) is 6.10 Å². The van der Waals surface area contributed by atoms with E-state index in [0.29, 0.717) is 6.42 Å². The number of rotatable bonds is 3. The van der Waals surface area contributed by atoms with Crippen LogP contribution in [-0.4, -0.2) is 5.11 Å². The third kappa shape index (κ3) is 3.10. The summed E-state index contributed by atoms with van der Waals surface area (Å²) in [4.78, 5) is 0. The molecule has 1 unspecified atom stereocenters. The summed E-state index contributed by atoms with van der Waals surface area (Å²) in [7, 11) is 0. The van der Waals surface area contributed by atoms with E-state index in [0.717, 1.165) is 10.0 Å². The lowest BCUT2D eigenvalue weighted by molar-refractivity contribution is 0.173. The van der Waals surface area contributed by atoms with Gasteiger partial charge in [0.2, 0.25) is 0 Å². The van der Waals surface area contributed by atoms with E-state index < -0.39 is 11.9 Å². The van der Waals surface area contributed by atoms with Gasteiger partial charge < -0.3 is 5.11 Å². The normalized spacial score (nSPS) is 12.4. The van der Waals surface area contributed by atoms with Crippen LogP contribution in [0.2, 0.25) is 5.02 Å². The lowest BCUT2D eigenvalue weighted by Gasteiger charge is -2.13. The topological polar surface area (TPSA) is 20.2 Å². The Morgan fingerprint density at radius 1 is 1.22 bits per heavy atom. The maximum atomic E-state index is 13.6. The Balaban J connectivity index is 2.25. The van der Waals surface area contributed by atoms with Gasteiger partial charge in [0.15, 0.2) is 0 Å². The molecule has 4 heteroatoms. The molecule has 0 fully saturated rings. The maximum absolute atomic E-state index is 13.6. The van der Waals surface area contributed by atoms with Gasteiger partial charge in [-0.1, -0.05) is 45.7 Å².